The largest absolute Gasteiger partial charge is 0.496 e. The first kappa shape index (κ1) is 14.5. The van der Waals surface area contributed by atoms with Gasteiger partial charge >= 0.3 is 0 Å². The molecule has 3 N–H and O–H groups in total. The second-order valence-corrected chi connectivity index (χ2v) is 5.68. The summed E-state index contributed by atoms with van der Waals surface area (Å²) in [5.74, 6) is 0.510. The number of aromatic nitrogens is 4. The second-order valence-electron chi connectivity index (χ2n) is 4.76. The van der Waals surface area contributed by atoms with Crippen molar-refractivity contribution in [2.24, 2.45) is 5.73 Å². The number of hydrogen-bond acceptors (Lipinski definition) is 6. The molecule has 1 aliphatic heterocycles. The highest BCUT2D eigenvalue weighted by atomic mass is 79.9. The summed E-state index contributed by atoms with van der Waals surface area (Å²) in [6, 6.07) is 4.96. The molecule has 0 aliphatic carbocycles. The molecule has 0 radical (unpaired) electrons. The number of methoxy groups -OCH3 is 1. The predicted octanol–water partition coefficient (Wildman–Crippen LogP) is 1.22. The minimum Gasteiger partial charge on any atom is -0.496 e. The van der Waals surface area contributed by atoms with Crippen molar-refractivity contribution in [1.82, 2.24) is 20.2 Å². The van der Waals surface area contributed by atoms with Gasteiger partial charge in [-0.05, 0) is 35.5 Å². The Morgan fingerprint density at radius 1 is 1.50 bits per heavy atom. The van der Waals surface area contributed by atoms with Gasteiger partial charge in [0.2, 0.25) is 11.9 Å². The van der Waals surface area contributed by atoms with E-state index < -0.39 is 11.9 Å². The summed E-state index contributed by atoms with van der Waals surface area (Å²) >= 11 is 3.43. The van der Waals surface area contributed by atoms with E-state index in [1.807, 2.05) is 12.1 Å². The minimum atomic E-state index is -0.559. The van der Waals surface area contributed by atoms with E-state index in [0.717, 1.165) is 10.0 Å². The second kappa shape index (κ2) is 5.41. The number of tetrazole rings is 1. The molecule has 0 saturated carbocycles. The highest BCUT2D eigenvalue weighted by Gasteiger charge is 2.34. The van der Waals surface area contributed by atoms with Gasteiger partial charge in [0.15, 0.2) is 0 Å². The number of hydrogen-bond donors (Lipinski definition) is 2. The van der Waals surface area contributed by atoms with E-state index in [1.54, 1.807) is 20.1 Å². The molecule has 0 saturated heterocycles. The molecule has 2 heterocycles. The summed E-state index contributed by atoms with van der Waals surface area (Å²) in [6.45, 7) is 1.76. The molecule has 1 aromatic heterocycles. The monoisotopic (exact) mass is 364 g/mol. The number of anilines is 1. The molecular formula is C13H13BrN6O2. The lowest BCUT2D eigenvalue weighted by Crippen LogP contribution is -2.32. The van der Waals surface area contributed by atoms with Crippen LogP contribution in [0, 0.1) is 0 Å². The molecule has 8 nitrogen and oxygen atoms in total. The number of nitrogens with two attached hydrogens (primary N) is 1. The lowest BCUT2D eigenvalue weighted by Gasteiger charge is -2.28. The lowest BCUT2D eigenvalue weighted by atomic mass is 9.94. The number of rotatable bonds is 3. The molecule has 114 valence electrons. The number of amides is 1. The number of carbonyl (C=O) groups is 1. The number of nitrogens with one attached hydrogen (secondary N) is 1. The fraction of sp³-hybridized carbons (Fsp3) is 0.231. The molecule has 0 bridgehead atoms. The van der Waals surface area contributed by atoms with Crippen molar-refractivity contribution in [1.29, 1.82) is 0 Å². The van der Waals surface area contributed by atoms with Crippen molar-refractivity contribution < 1.29 is 9.53 Å². The van der Waals surface area contributed by atoms with Crippen LogP contribution in [-0.4, -0.2) is 33.2 Å². The highest BCUT2D eigenvalue weighted by molar-refractivity contribution is 9.10. The van der Waals surface area contributed by atoms with E-state index in [-0.39, 0.29) is 0 Å². The smallest absolute Gasteiger partial charge is 0.248 e. The van der Waals surface area contributed by atoms with Crippen molar-refractivity contribution in [3.63, 3.8) is 0 Å². The molecule has 1 aliphatic rings. The number of fused-ring (bicyclic) bond motifs is 1. The zero-order valence-electron chi connectivity index (χ0n) is 11.9. The normalized spacial score (nSPS) is 17.0. The number of halogens is 1. The Bertz CT molecular complexity index is 785. The van der Waals surface area contributed by atoms with E-state index in [2.05, 4.69) is 36.8 Å². The third kappa shape index (κ3) is 2.23. The standard InChI is InChI=1S/C13H13BrN6O2/c1-6-10(12(15)21)11(20-13(16-6)17-18-19-20)8-5-7(14)3-4-9(8)22-2/h3-5,11H,1-2H3,(H2,15,21)(H,16,17,19)/t11-/m0/s1. The van der Waals surface area contributed by atoms with Crippen LogP contribution < -0.4 is 15.8 Å². The Hall–Kier alpha value is -2.42. The fourth-order valence-corrected chi connectivity index (χ4v) is 2.92. The van der Waals surface area contributed by atoms with E-state index in [0.29, 0.717) is 23.0 Å². The average Bonchev–Trinajstić information content (AvgIpc) is 2.93. The summed E-state index contributed by atoms with van der Waals surface area (Å²) in [7, 11) is 1.56. The summed E-state index contributed by atoms with van der Waals surface area (Å²) in [5.41, 5.74) is 7.30. The molecule has 2 aromatic rings. The average molecular weight is 365 g/mol. The fourth-order valence-electron chi connectivity index (χ4n) is 2.54. The molecule has 9 heteroatoms. The predicted molar refractivity (Wildman–Crippen MR) is 82.2 cm³/mol. The number of benzene rings is 1. The maximum absolute atomic E-state index is 12.0. The van der Waals surface area contributed by atoms with Gasteiger partial charge in [0, 0.05) is 15.7 Å². The maximum atomic E-state index is 12.0. The van der Waals surface area contributed by atoms with Crippen LogP contribution in [0.1, 0.15) is 18.5 Å². The Morgan fingerprint density at radius 2 is 2.27 bits per heavy atom. The van der Waals surface area contributed by atoms with Gasteiger partial charge in [-0.3, -0.25) is 4.79 Å². The number of ether oxygens (including phenoxy) is 1. The molecule has 0 spiro atoms. The third-order valence-electron chi connectivity index (χ3n) is 3.47. The Kier molecular flexibility index (Phi) is 3.57. The van der Waals surface area contributed by atoms with Crippen LogP contribution >= 0.6 is 15.9 Å². The first-order valence-corrected chi connectivity index (χ1v) is 7.21. The Labute approximate surface area is 134 Å². The van der Waals surface area contributed by atoms with Crippen LogP contribution in [-0.2, 0) is 4.79 Å². The SMILES string of the molecule is COc1ccc(Br)cc1[C@H]1C(C(N)=O)=C(C)Nc2nnnn21. The summed E-state index contributed by atoms with van der Waals surface area (Å²) in [6.07, 6.45) is 0. The van der Waals surface area contributed by atoms with Crippen molar-refractivity contribution in [2.45, 2.75) is 13.0 Å². The Morgan fingerprint density at radius 3 is 2.95 bits per heavy atom. The van der Waals surface area contributed by atoms with Gasteiger partial charge in [0.05, 0.1) is 12.7 Å². The van der Waals surface area contributed by atoms with E-state index >= 15 is 0 Å². The van der Waals surface area contributed by atoms with Crippen LogP contribution in [0.5, 0.6) is 5.75 Å². The lowest BCUT2D eigenvalue weighted by molar-refractivity contribution is -0.115. The van der Waals surface area contributed by atoms with E-state index in [4.69, 9.17) is 10.5 Å². The zero-order valence-corrected chi connectivity index (χ0v) is 13.5. The third-order valence-corrected chi connectivity index (χ3v) is 3.96. The molecule has 22 heavy (non-hydrogen) atoms. The van der Waals surface area contributed by atoms with Crippen molar-refractivity contribution in [3.8, 4) is 5.75 Å². The molecule has 3 rings (SSSR count). The molecular weight excluding hydrogens is 352 g/mol. The number of carbonyl (C=O) groups excluding carboxylic acids is 1. The molecule has 0 unspecified atom stereocenters. The summed E-state index contributed by atoms with van der Waals surface area (Å²) < 4.78 is 7.77. The summed E-state index contributed by atoms with van der Waals surface area (Å²) in [5, 5.41) is 14.5. The highest BCUT2D eigenvalue weighted by Crippen LogP contribution is 2.39. The van der Waals surface area contributed by atoms with Gasteiger partial charge in [-0.2, -0.15) is 4.68 Å². The van der Waals surface area contributed by atoms with Gasteiger partial charge in [0.1, 0.15) is 11.8 Å². The Balaban J connectivity index is 2.27. The first-order chi connectivity index (χ1) is 10.5. The maximum Gasteiger partial charge on any atom is 0.248 e. The first-order valence-electron chi connectivity index (χ1n) is 6.41. The molecule has 0 fully saturated rings. The van der Waals surface area contributed by atoms with Gasteiger partial charge < -0.3 is 15.8 Å². The van der Waals surface area contributed by atoms with Gasteiger partial charge in [-0.15, -0.1) is 0 Å². The quantitative estimate of drug-likeness (QED) is 0.847. The van der Waals surface area contributed by atoms with Crippen LogP contribution in [0.3, 0.4) is 0 Å². The zero-order chi connectivity index (χ0) is 15.9. The number of primary amides is 1. The van der Waals surface area contributed by atoms with E-state index in [9.17, 15) is 4.79 Å². The van der Waals surface area contributed by atoms with Gasteiger partial charge in [0.25, 0.3) is 0 Å². The molecule has 1 amide bonds. The van der Waals surface area contributed by atoms with Crippen LogP contribution in [0.15, 0.2) is 33.9 Å². The van der Waals surface area contributed by atoms with Crippen molar-refractivity contribution >= 4 is 27.8 Å². The molecule has 1 atom stereocenters. The van der Waals surface area contributed by atoms with E-state index in [1.165, 1.54) is 4.68 Å². The topological polar surface area (TPSA) is 108 Å². The van der Waals surface area contributed by atoms with Gasteiger partial charge in [-0.25, -0.2) is 0 Å². The van der Waals surface area contributed by atoms with Crippen LogP contribution in [0.25, 0.3) is 0 Å². The number of nitrogens with zero attached hydrogens (tertiary/aromatic N) is 4. The summed E-state index contributed by atoms with van der Waals surface area (Å²) in [4.78, 5) is 12.0. The van der Waals surface area contributed by atoms with Crippen LogP contribution in [0.4, 0.5) is 5.95 Å². The minimum absolute atomic E-state index is 0.385. The van der Waals surface area contributed by atoms with Crippen molar-refractivity contribution in [2.75, 3.05) is 12.4 Å². The van der Waals surface area contributed by atoms with Crippen molar-refractivity contribution in [3.05, 3.63) is 39.5 Å². The van der Waals surface area contributed by atoms with Gasteiger partial charge in [-0.1, -0.05) is 21.0 Å². The number of allylic oxidation sites excluding steroid dienone is 1. The van der Waals surface area contributed by atoms with Crippen LogP contribution in [0.2, 0.25) is 0 Å². The molecule has 1 aromatic carbocycles.